The Balaban J connectivity index is 1.86. The van der Waals surface area contributed by atoms with Gasteiger partial charge in [0, 0.05) is 17.3 Å². The third-order valence-electron chi connectivity index (χ3n) is 2.68. The second-order valence-corrected chi connectivity index (χ2v) is 5.08. The van der Waals surface area contributed by atoms with Crippen LogP contribution in [-0.4, -0.2) is 18.5 Å². The van der Waals surface area contributed by atoms with Crippen molar-refractivity contribution in [2.45, 2.75) is 30.3 Å². The first-order chi connectivity index (χ1) is 7.75. The van der Waals surface area contributed by atoms with Gasteiger partial charge in [-0.15, -0.1) is 11.8 Å². The van der Waals surface area contributed by atoms with Gasteiger partial charge in [0.2, 0.25) is 0 Å². The number of thioether (sulfide) groups is 1. The molecule has 1 aliphatic rings. The Kier molecular flexibility index (Phi) is 4.07. The van der Waals surface area contributed by atoms with E-state index in [0.29, 0.717) is 6.10 Å². The molecule has 1 aliphatic heterocycles. The van der Waals surface area contributed by atoms with E-state index in [2.05, 4.69) is 0 Å². The Morgan fingerprint density at radius 2 is 2.31 bits per heavy atom. The van der Waals surface area contributed by atoms with Gasteiger partial charge in [-0.1, -0.05) is 0 Å². The third-order valence-corrected chi connectivity index (χ3v) is 3.81. The van der Waals surface area contributed by atoms with Gasteiger partial charge in [0.15, 0.2) is 0 Å². The summed E-state index contributed by atoms with van der Waals surface area (Å²) in [5.74, 6) is 0.554. The number of benzene rings is 1. The standard InChI is InChI=1S/C12H16FNOS/c13-11-7-10(4-5-12(11)14)16-8-9-3-1-2-6-15-9/h4-5,7,9H,1-3,6,8,14H2. The summed E-state index contributed by atoms with van der Waals surface area (Å²) in [5, 5.41) is 0. The van der Waals surface area contributed by atoms with E-state index in [4.69, 9.17) is 10.5 Å². The van der Waals surface area contributed by atoms with Gasteiger partial charge < -0.3 is 10.5 Å². The zero-order valence-electron chi connectivity index (χ0n) is 9.12. The summed E-state index contributed by atoms with van der Waals surface area (Å²) in [4.78, 5) is 0.917. The molecular weight excluding hydrogens is 225 g/mol. The fraction of sp³-hybridized carbons (Fsp3) is 0.500. The molecule has 1 aromatic carbocycles. The summed E-state index contributed by atoms with van der Waals surface area (Å²) in [6.07, 6.45) is 3.84. The van der Waals surface area contributed by atoms with Gasteiger partial charge in [-0.25, -0.2) is 4.39 Å². The van der Waals surface area contributed by atoms with Crippen molar-refractivity contribution < 1.29 is 9.13 Å². The van der Waals surface area contributed by atoms with Crippen molar-refractivity contribution >= 4 is 17.4 Å². The second kappa shape index (κ2) is 5.55. The van der Waals surface area contributed by atoms with Gasteiger partial charge in [0.1, 0.15) is 5.82 Å². The lowest BCUT2D eigenvalue weighted by Crippen LogP contribution is -2.21. The zero-order valence-corrected chi connectivity index (χ0v) is 9.93. The first-order valence-electron chi connectivity index (χ1n) is 5.55. The maximum absolute atomic E-state index is 13.2. The summed E-state index contributed by atoms with van der Waals surface area (Å²) in [6, 6.07) is 4.95. The maximum atomic E-state index is 13.2. The quantitative estimate of drug-likeness (QED) is 0.652. The summed E-state index contributed by atoms with van der Waals surface area (Å²) in [7, 11) is 0. The first-order valence-corrected chi connectivity index (χ1v) is 6.53. The van der Waals surface area contributed by atoms with E-state index in [0.717, 1.165) is 30.1 Å². The molecular formula is C12H16FNOS. The Morgan fingerprint density at radius 3 is 3.00 bits per heavy atom. The van der Waals surface area contributed by atoms with Crippen LogP contribution in [0.3, 0.4) is 0 Å². The molecule has 0 aromatic heterocycles. The van der Waals surface area contributed by atoms with E-state index in [1.807, 2.05) is 6.07 Å². The predicted octanol–water partition coefficient (Wildman–Crippen LogP) is 3.07. The molecule has 1 saturated heterocycles. The smallest absolute Gasteiger partial charge is 0.147 e. The molecule has 1 fully saturated rings. The van der Waals surface area contributed by atoms with Crippen molar-refractivity contribution in [1.29, 1.82) is 0 Å². The molecule has 16 heavy (non-hydrogen) atoms. The van der Waals surface area contributed by atoms with Crippen LogP contribution < -0.4 is 5.73 Å². The average molecular weight is 241 g/mol. The first kappa shape index (κ1) is 11.7. The molecule has 0 saturated carbocycles. The normalized spacial score (nSPS) is 20.9. The highest BCUT2D eigenvalue weighted by Gasteiger charge is 2.14. The fourth-order valence-electron chi connectivity index (χ4n) is 1.73. The summed E-state index contributed by atoms with van der Waals surface area (Å²) in [6.45, 7) is 0.862. The molecule has 4 heteroatoms. The number of anilines is 1. The van der Waals surface area contributed by atoms with Crippen molar-refractivity contribution in [1.82, 2.24) is 0 Å². The number of hydrogen-bond donors (Lipinski definition) is 1. The average Bonchev–Trinajstić information content (AvgIpc) is 2.32. The Hall–Kier alpha value is -0.740. The number of ether oxygens (including phenoxy) is 1. The lowest BCUT2D eigenvalue weighted by molar-refractivity contribution is 0.0315. The monoisotopic (exact) mass is 241 g/mol. The van der Waals surface area contributed by atoms with Crippen LogP contribution in [0.1, 0.15) is 19.3 Å². The van der Waals surface area contributed by atoms with Gasteiger partial charge >= 0.3 is 0 Å². The van der Waals surface area contributed by atoms with Crippen LogP contribution in [0.25, 0.3) is 0 Å². The van der Waals surface area contributed by atoms with Gasteiger partial charge in [-0.05, 0) is 37.5 Å². The molecule has 2 N–H and O–H groups in total. The summed E-state index contributed by atoms with van der Waals surface area (Å²) in [5.41, 5.74) is 5.63. The van der Waals surface area contributed by atoms with Crippen LogP contribution in [-0.2, 0) is 4.74 Å². The molecule has 0 radical (unpaired) electrons. The van der Waals surface area contributed by atoms with Gasteiger partial charge in [-0.2, -0.15) is 0 Å². The molecule has 1 aromatic rings. The Bertz CT molecular complexity index is 353. The van der Waals surface area contributed by atoms with E-state index >= 15 is 0 Å². The Morgan fingerprint density at radius 1 is 1.44 bits per heavy atom. The number of nitrogen functional groups attached to an aromatic ring is 1. The SMILES string of the molecule is Nc1ccc(SCC2CCCCO2)cc1F. The lowest BCUT2D eigenvalue weighted by atomic mass is 10.1. The highest BCUT2D eigenvalue weighted by atomic mass is 32.2. The molecule has 88 valence electrons. The highest BCUT2D eigenvalue weighted by Crippen LogP contribution is 2.25. The minimum atomic E-state index is -0.338. The Labute approximate surface area is 99.4 Å². The number of nitrogens with two attached hydrogens (primary N) is 1. The lowest BCUT2D eigenvalue weighted by Gasteiger charge is -2.22. The van der Waals surface area contributed by atoms with E-state index < -0.39 is 0 Å². The number of rotatable bonds is 3. The molecule has 2 nitrogen and oxygen atoms in total. The van der Waals surface area contributed by atoms with Crippen LogP contribution in [0.5, 0.6) is 0 Å². The maximum Gasteiger partial charge on any atom is 0.147 e. The minimum Gasteiger partial charge on any atom is -0.396 e. The van der Waals surface area contributed by atoms with Gasteiger partial charge in [-0.3, -0.25) is 0 Å². The van der Waals surface area contributed by atoms with Crippen molar-refractivity contribution in [2.75, 3.05) is 18.1 Å². The topological polar surface area (TPSA) is 35.2 Å². The molecule has 0 spiro atoms. The van der Waals surface area contributed by atoms with Crippen molar-refractivity contribution in [3.63, 3.8) is 0 Å². The summed E-state index contributed by atoms with van der Waals surface area (Å²) >= 11 is 1.63. The van der Waals surface area contributed by atoms with E-state index in [-0.39, 0.29) is 11.5 Å². The largest absolute Gasteiger partial charge is 0.396 e. The van der Waals surface area contributed by atoms with E-state index in [1.54, 1.807) is 17.8 Å². The van der Waals surface area contributed by atoms with E-state index in [9.17, 15) is 4.39 Å². The van der Waals surface area contributed by atoms with Crippen molar-refractivity contribution in [2.24, 2.45) is 0 Å². The van der Waals surface area contributed by atoms with Crippen molar-refractivity contribution in [3.05, 3.63) is 24.0 Å². The molecule has 0 aliphatic carbocycles. The van der Waals surface area contributed by atoms with Gasteiger partial charge in [0.05, 0.1) is 11.8 Å². The van der Waals surface area contributed by atoms with Crippen LogP contribution in [0, 0.1) is 5.82 Å². The molecule has 1 atom stereocenters. The molecule has 0 bridgehead atoms. The molecule has 1 heterocycles. The zero-order chi connectivity index (χ0) is 11.4. The van der Waals surface area contributed by atoms with Crippen molar-refractivity contribution in [3.8, 4) is 0 Å². The van der Waals surface area contributed by atoms with Crippen LogP contribution in [0.2, 0.25) is 0 Å². The molecule has 2 rings (SSSR count). The third kappa shape index (κ3) is 3.12. The van der Waals surface area contributed by atoms with E-state index in [1.165, 1.54) is 12.5 Å². The molecule has 0 amide bonds. The minimum absolute atomic E-state index is 0.207. The second-order valence-electron chi connectivity index (χ2n) is 3.98. The van der Waals surface area contributed by atoms with Crippen LogP contribution >= 0.6 is 11.8 Å². The summed E-state index contributed by atoms with van der Waals surface area (Å²) < 4.78 is 18.8. The van der Waals surface area contributed by atoms with Gasteiger partial charge in [0.25, 0.3) is 0 Å². The predicted molar refractivity (Wildman–Crippen MR) is 65.1 cm³/mol. The van der Waals surface area contributed by atoms with Crippen LogP contribution in [0.4, 0.5) is 10.1 Å². The molecule has 1 unspecified atom stereocenters. The van der Waals surface area contributed by atoms with Crippen LogP contribution in [0.15, 0.2) is 23.1 Å². The fourth-order valence-corrected chi connectivity index (χ4v) is 2.72. The number of hydrogen-bond acceptors (Lipinski definition) is 3. The number of halogens is 1. The highest BCUT2D eigenvalue weighted by molar-refractivity contribution is 7.99.